The number of rotatable bonds is 3. The Morgan fingerprint density at radius 2 is 1.96 bits per heavy atom. The summed E-state index contributed by atoms with van der Waals surface area (Å²) in [6.45, 7) is 2.34. The minimum Gasteiger partial charge on any atom is -0.347 e. The van der Waals surface area contributed by atoms with Gasteiger partial charge in [0.05, 0.1) is 18.5 Å². The zero-order valence-corrected chi connectivity index (χ0v) is 15.8. The van der Waals surface area contributed by atoms with Crippen molar-refractivity contribution in [1.29, 1.82) is 0 Å². The van der Waals surface area contributed by atoms with Crippen molar-refractivity contribution in [3.05, 3.63) is 35.6 Å². The van der Waals surface area contributed by atoms with Gasteiger partial charge in [-0.25, -0.2) is 4.39 Å². The molecule has 2 atom stereocenters. The minimum atomic E-state index is -0.529. The number of nitrogens with one attached hydrogen (secondary N) is 1. The van der Waals surface area contributed by atoms with E-state index in [4.69, 9.17) is 9.47 Å². The number of hydrogen-bond donors (Lipinski definition) is 1. The van der Waals surface area contributed by atoms with Crippen LogP contribution in [0, 0.1) is 5.82 Å². The lowest BCUT2D eigenvalue weighted by Gasteiger charge is -2.39. The molecule has 0 aliphatic carbocycles. The number of hydrogen-bond acceptors (Lipinski definition) is 5. The molecule has 3 heterocycles. The Hall–Kier alpha value is -1.64. The van der Waals surface area contributed by atoms with E-state index in [0.29, 0.717) is 56.9 Å². The summed E-state index contributed by atoms with van der Waals surface area (Å²) in [6, 6.07) is 5.95. The predicted molar refractivity (Wildman–Crippen MR) is 98.7 cm³/mol. The number of carbonyl (C=O) groups excluding carboxylic acids is 2. The largest absolute Gasteiger partial charge is 0.347 e. The van der Waals surface area contributed by atoms with Gasteiger partial charge in [0.15, 0.2) is 5.79 Å². The van der Waals surface area contributed by atoms with Crippen molar-refractivity contribution in [2.24, 2.45) is 0 Å². The third kappa shape index (κ3) is 3.97. The maximum absolute atomic E-state index is 13.8. The van der Waals surface area contributed by atoms with Crippen LogP contribution in [0.3, 0.4) is 0 Å². The van der Waals surface area contributed by atoms with Gasteiger partial charge in [-0.05, 0) is 18.1 Å². The van der Waals surface area contributed by atoms with E-state index in [2.05, 4.69) is 5.32 Å². The Kier molecular flexibility index (Phi) is 5.39. The maximum atomic E-state index is 13.8. The summed E-state index contributed by atoms with van der Waals surface area (Å²) in [6.07, 6.45) is 1.63. The van der Waals surface area contributed by atoms with Crippen molar-refractivity contribution in [2.75, 3.05) is 32.1 Å². The molecule has 1 N–H and O–H groups in total. The molecule has 2 amide bonds. The Balaban J connectivity index is 1.31. The van der Waals surface area contributed by atoms with Crippen molar-refractivity contribution in [3.8, 4) is 0 Å². The molecule has 4 rings (SSSR count). The number of benzene rings is 1. The van der Waals surface area contributed by atoms with E-state index >= 15 is 0 Å². The van der Waals surface area contributed by atoms with Crippen LogP contribution in [-0.4, -0.2) is 65.8 Å². The molecule has 0 aromatic heterocycles. The van der Waals surface area contributed by atoms with Gasteiger partial charge in [-0.1, -0.05) is 18.2 Å². The summed E-state index contributed by atoms with van der Waals surface area (Å²) in [5.74, 6) is -0.593. The van der Waals surface area contributed by atoms with Gasteiger partial charge >= 0.3 is 0 Å². The third-order valence-electron chi connectivity index (χ3n) is 5.38. The summed E-state index contributed by atoms with van der Waals surface area (Å²) < 4.78 is 25.2. The second-order valence-corrected chi connectivity index (χ2v) is 8.35. The van der Waals surface area contributed by atoms with Crippen LogP contribution in [0.2, 0.25) is 0 Å². The molecule has 146 valence electrons. The lowest BCUT2D eigenvalue weighted by molar-refractivity contribution is -0.187. The van der Waals surface area contributed by atoms with Gasteiger partial charge in [0, 0.05) is 31.7 Å². The number of carbonyl (C=O) groups is 2. The number of ether oxygens (including phenoxy) is 2. The Bertz CT molecular complexity index is 715. The summed E-state index contributed by atoms with van der Waals surface area (Å²) in [5.41, 5.74) is 0.521. The number of nitrogens with zero attached hydrogens (tertiary/aromatic N) is 1. The van der Waals surface area contributed by atoms with Crippen molar-refractivity contribution in [1.82, 2.24) is 10.2 Å². The summed E-state index contributed by atoms with van der Waals surface area (Å²) >= 11 is 1.42. The fourth-order valence-corrected chi connectivity index (χ4v) is 4.98. The number of halogens is 1. The number of thioether (sulfide) groups is 1. The Morgan fingerprint density at radius 1 is 1.26 bits per heavy atom. The topological polar surface area (TPSA) is 67.9 Å². The zero-order valence-electron chi connectivity index (χ0n) is 15.0. The fourth-order valence-electron chi connectivity index (χ4n) is 3.82. The highest BCUT2D eigenvalue weighted by atomic mass is 32.2. The lowest BCUT2D eigenvalue weighted by Crippen LogP contribution is -2.57. The minimum absolute atomic E-state index is 0.0620. The van der Waals surface area contributed by atoms with E-state index in [1.54, 1.807) is 23.1 Å². The Morgan fingerprint density at radius 3 is 2.63 bits per heavy atom. The summed E-state index contributed by atoms with van der Waals surface area (Å²) in [4.78, 5) is 27.0. The standard InChI is InChI=1S/C19H23FN2O4S/c20-14-4-2-1-3-13(14)11-16-17(23)21-15(12-27-16)18(24)22-7-5-19(6-8-22)25-9-10-26-19/h1-4,15-16H,5-12H2,(H,21,23)/t15-,16-/m1/s1. The molecule has 0 bridgehead atoms. The molecule has 8 heteroatoms. The van der Waals surface area contributed by atoms with Crippen LogP contribution in [0.25, 0.3) is 0 Å². The molecular formula is C19H23FN2O4S. The second kappa shape index (κ2) is 7.77. The quantitative estimate of drug-likeness (QED) is 0.838. The normalized spacial score (nSPS) is 27.6. The Labute approximate surface area is 161 Å². The molecule has 3 aliphatic rings. The van der Waals surface area contributed by atoms with E-state index in [9.17, 15) is 14.0 Å². The van der Waals surface area contributed by atoms with E-state index in [-0.39, 0.29) is 22.9 Å². The molecule has 0 radical (unpaired) electrons. The summed E-state index contributed by atoms with van der Waals surface area (Å²) in [7, 11) is 0. The highest BCUT2D eigenvalue weighted by molar-refractivity contribution is 8.00. The molecule has 3 saturated heterocycles. The van der Waals surface area contributed by atoms with Crippen molar-refractivity contribution < 1.29 is 23.5 Å². The van der Waals surface area contributed by atoms with Gasteiger partial charge in [-0.15, -0.1) is 11.8 Å². The van der Waals surface area contributed by atoms with Gasteiger partial charge in [0.25, 0.3) is 0 Å². The van der Waals surface area contributed by atoms with E-state index < -0.39 is 11.8 Å². The molecule has 3 aliphatic heterocycles. The van der Waals surface area contributed by atoms with Crippen molar-refractivity contribution in [3.63, 3.8) is 0 Å². The van der Waals surface area contributed by atoms with Crippen LogP contribution in [0.4, 0.5) is 4.39 Å². The molecule has 3 fully saturated rings. The number of amides is 2. The van der Waals surface area contributed by atoms with Crippen LogP contribution in [0.15, 0.2) is 24.3 Å². The zero-order chi connectivity index (χ0) is 18.9. The van der Waals surface area contributed by atoms with Crippen LogP contribution in [0.1, 0.15) is 18.4 Å². The number of piperidine rings is 1. The highest BCUT2D eigenvalue weighted by Gasteiger charge is 2.42. The third-order valence-corrected chi connectivity index (χ3v) is 6.69. The molecule has 1 aromatic carbocycles. The molecule has 0 unspecified atom stereocenters. The first kappa shape index (κ1) is 18.7. The molecule has 27 heavy (non-hydrogen) atoms. The second-order valence-electron chi connectivity index (χ2n) is 7.11. The van der Waals surface area contributed by atoms with Gasteiger partial charge in [-0.3, -0.25) is 9.59 Å². The first-order chi connectivity index (χ1) is 13.1. The van der Waals surface area contributed by atoms with Crippen molar-refractivity contribution in [2.45, 2.75) is 36.3 Å². The van der Waals surface area contributed by atoms with Gasteiger partial charge in [0.2, 0.25) is 11.8 Å². The van der Waals surface area contributed by atoms with Crippen LogP contribution >= 0.6 is 11.8 Å². The van der Waals surface area contributed by atoms with Gasteiger partial charge in [-0.2, -0.15) is 0 Å². The fraction of sp³-hybridized carbons (Fsp3) is 0.579. The smallest absolute Gasteiger partial charge is 0.246 e. The molecule has 0 saturated carbocycles. The number of likely N-dealkylation sites (tertiary alicyclic amines) is 1. The average molecular weight is 394 g/mol. The van der Waals surface area contributed by atoms with Gasteiger partial charge < -0.3 is 19.7 Å². The predicted octanol–water partition coefficient (Wildman–Crippen LogP) is 1.33. The molecule has 1 spiro atoms. The molecule has 1 aromatic rings. The van der Waals surface area contributed by atoms with Gasteiger partial charge in [0.1, 0.15) is 11.9 Å². The molecule has 6 nitrogen and oxygen atoms in total. The maximum Gasteiger partial charge on any atom is 0.246 e. The van der Waals surface area contributed by atoms with Crippen LogP contribution in [-0.2, 0) is 25.5 Å². The average Bonchev–Trinajstić information content (AvgIpc) is 3.13. The van der Waals surface area contributed by atoms with Crippen LogP contribution < -0.4 is 5.32 Å². The van der Waals surface area contributed by atoms with Crippen molar-refractivity contribution >= 4 is 23.6 Å². The molecular weight excluding hydrogens is 371 g/mol. The first-order valence-electron chi connectivity index (χ1n) is 9.28. The van der Waals surface area contributed by atoms with E-state index in [1.807, 2.05) is 0 Å². The van der Waals surface area contributed by atoms with E-state index in [0.717, 1.165) is 0 Å². The van der Waals surface area contributed by atoms with Crippen LogP contribution in [0.5, 0.6) is 0 Å². The highest BCUT2D eigenvalue weighted by Crippen LogP contribution is 2.32. The monoisotopic (exact) mass is 394 g/mol. The SMILES string of the molecule is O=C1N[C@@H](C(=O)N2CCC3(CC2)OCCO3)CS[C@@H]1Cc1ccccc1F. The summed E-state index contributed by atoms with van der Waals surface area (Å²) in [5, 5.41) is 2.45. The van der Waals surface area contributed by atoms with E-state index in [1.165, 1.54) is 17.8 Å². The lowest BCUT2D eigenvalue weighted by atomic mass is 10.0. The first-order valence-corrected chi connectivity index (χ1v) is 10.3.